The number of aromatic nitrogens is 1. The normalized spacial score (nSPS) is 14.6. The first-order valence-electron chi connectivity index (χ1n) is 10.3. The second-order valence-electron chi connectivity index (χ2n) is 7.43. The maximum Gasteiger partial charge on any atom is 0.230 e. The molecule has 1 N–H and O–H groups in total. The molecule has 1 amide bonds. The maximum absolute atomic E-state index is 12.8. The first kappa shape index (κ1) is 22.1. The monoisotopic (exact) mass is 474 g/mol. The lowest BCUT2D eigenvalue weighted by Crippen LogP contribution is -2.46. The fourth-order valence-electron chi connectivity index (χ4n) is 3.69. The van der Waals surface area contributed by atoms with Gasteiger partial charge in [-0.15, -0.1) is 11.3 Å². The van der Waals surface area contributed by atoms with Crippen molar-refractivity contribution in [1.29, 1.82) is 0 Å². The summed E-state index contributed by atoms with van der Waals surface area (Å²) < 4.78 is 0. The van der Waals surface area contributed by atoms with Crippen molar-refractivity contribution in [3.8, 4) is 10.6 Å². The van der Waals surface area contributed by atoms with Gasteiger partial charge in [-0.25, -0.2) is 4.98 Å². The molecule has 0 aliphatic carbocycles. The smallest absolute Gasteiger partial charge is 0.230 e. The number of amides is 1. The molecule has 0 radical (unpaired) electrons. The Bertz CT molecular complexity index is 1060. The van der Waals surface area contributed by atoms with E-state index in [4.69, 9.17) is 23.2 Å². The maximum atomic E-state index is 12.8. The lowest BCUT2D eigenvalue weighted by Gasteiger charge is -2.36. The summed E-state index contributed by atoms with van der Waals surface area (Å²) in [7, 11) is 0. The standard InChI is InChI=1S/C23H24Cl2N4OS/c1-2-28-9-11-29(12-10-28)21-8-7-16(24)13-20(21)27-22(30)14-17-15-31-23(26-17)18-5-3-4-6-19(18)25/h3-8,13,15H,2,9-12,14H2,1H3,(H,27,30). The van der Waals surface area contributed by atoms with E-state index in [9.17, 15) is 4.79 Å². The molecule has 0 saturated carbocycles. The molecule has 2 heterocycles. The van der Waals surface area contributed by atoms with Gasteiger partial charge in [-0.05, 0) is 30.8 Å². The van der Waals surface area contributed by atoms with Gasteiger partial charge in [-0.1, -0.05) is 48.3 Å². The summed E-state index contributed by atoms with van der Waals surface area (Å²) in [5, 5.41) is 7.01. The molecule has 1 aromatic heterocycles. The molecule has 31 heavy (non-hydrogen) atoms. The van der Waals surface area contributed by atoms with Gasteiger partial charge < -0.3 is 15.1 Å². The summed E-state index contributed by atoms with van der Waals surface area (Å²) in [4.78, 5) is 22.1. The zero-order chi connectivity index (χ0) is 21.8. The van der Waals surface area contributed by atoms with Crippen molar-refractivity contribution in [3.05, 3.63) is 63.6 Å². The number of benzene rings is 2. The van der Waals surface area contributed by atoms with Gasteiger partial charge in [-0.3, -0.25) is 4.79 Å². The van der Waals surface area contributed by atoms with Crippen LogP contribution in [0.2, 0.25) is 10.0 Å². The van der Waals surface area contributed by atoms with E-state index in [-0.39, 0.29) is 12.3 Å². The average molecular weight is 475 g/mol. The fourth-order valence-corrected chi connectivity index (χ4v) is 5.01. The van der Waals surface area contributed by atoms with Crippen LogP contribution in [0.1, 0.15) is 12.6 Å². The van der Waals surface area contributed by atoms with E-state index in [1.54, 1.807) is 0 Å². The van der Waals surface area contributed by atoms with Gasteiger partial charge in [0.15, 0.2) is 0 Å². The highest BCUT2D eigenvalue weighted by atomic mass is 35.5. The topological polar surface area (TPSA) is 48.5 Å². The van der Waals surface area contributed by atoms with Crippen LogP contribution in [0.4, 0.5) is 11.4 Å². The van der Waals surface area contributed by atoms with Crippen molar-refractivity contribution < 1.29 is 4.79 Å². The number of likely N-dealkylation sites (N-methyl/N-ethyl adjacent to an activating group) is 1. The van der Waals surface area contributed by atoms with E-state index >= 15 is 0 Å². The number of hydrogen-bond acceptors (Lipinski definition) is 5. The Morgan fingerprint density at radius 3 is 2.65 bits per heavy atom. The highest BCUT2D eigenvalue weighted by Gasteiger charge is 2.20. The van der Waals surface area contributed by atoms with Gasteiger partial charge in [0.05, 0.1) is 28.5 Å². The molecule has 162 valence electrons. The fraction of sp³-hybridized carbons (Fsp3) is 0.304. The Balaban J connectivity index is 1.46. The summed E-state index contributed by atoms with van der Waals surface area (Å²) in [5.41, 5.74) is 3.34. The minimum absolute atomic E-state index is 0.119. The molecule has 1 aliphatic heterocycles. The average Bonchev–Trinajstić information content (AvgIpc) is 3.22. The Morgan fingerprint density at radius 2 is 1.90 bits per heavy atom. The molecule has 8 heteroatoms. The number of rotatable bonds is 6. The molecule has 2 aromatic carbocycles. The predicted molar refractivity (Wildman–Crippen MR) is 131 cm³/mol. The van der Waals surface area contributed by atoms with Crippen molar-refractivity contribution in [2.24, 2.45) is 0 Å². The van der Waals surface area contributed by atoms with E-state index in [1.165, 1.54) is 11.3 Å². The van der Waals surface area contributed by atoms with Crippen molar-refractivity contribution in [3.63, 3.8) is 0 Å². The number of nitrogens with zero attached hydrogens (tertiary/aromatic N) is 3. The van der Waals surface area contributed by atoms with Crippen molar-refractivity contribution in [2.45, 2.75) is 13.3 Å². The molecule has 1 aliphatic rings. The summed E-state index contributed by atoms with van der Waals surface area (Å²) in [6.45, 7) is 7.10. The molecule has 0 bridgehead atoms. The lowest BCUT2D eigenvalue weighted by atomic mass is 10.2. The van der Waals surface area contributed by atoms with Crippen LogP contribution in [0.5, 0.6) is 0 Å². The van der Waals surface area contributed by atoms with Gasteiger partial charge in [0, 0.05) is 42.1 Å². The van der Waals surface area contributed by atoms with Crippen LogP contribution in [-0.2, 0) is 11.2 Å². The highest BCUT2D eigenvalue weighted by molar-refractivity contribution is 7.13. The molecule has 0 unspecified atom stereocenters. The minimum atomic E-state index is -0.119. The van der Waals surface area contributed by atoms with Crippen molar-refractivity contribution >= 4 is 51.8 Å². The Labute approximate surface area is 196 Å². The zero-order valence-corrected chi connectivity index (χ0v) is 19.6. The van der Waals surface area contributed by atoms with Crippen LogP contribution < -0.4 is 10.2 Å². The molecule has 1 fully saturated rings. The number of anilines is 2. The summed E-state index contributed by atoms with van der Waals surface area (Å²) in [6, 6.07) is 13.3. The number of nitrogens with one attached hydrogen (secondary N) is 1. The molecule has 4 rings (SSSR count). The van der Waals surface area contributed by atoms with Crippen LogP contribution in [0.3, 0.4) is 0 Å². The largest absolute Gasteiger partial charge is 0.367 e. The van der Waals surface area contributed by atoms with E-state index in [2.05, 4.69) is 27.0 Å². The van der Waals surface area contributed by atoms with E-state index in [1.807, 2.05) is 47.8 Å². The third-order valence-corrected chi connectivity index (χ3v) is 6.88. The summed E-state index contributed by atoms with van der Waals surface area (Å²) in [6.07, 6.45) is 0.191. The summed E-state index contributed by atoms with van der Waals surface area (Å²) in [5.74, 6) is -0.119. The SMILES string of the molecule is CCN1CCN(c2ccc(Cl)cc2NC(=O)Cc2csc(-c3ccccc3Cl)n2)CC1. The first-order chi connectivity index (χ1) is 15.0. The van der Waals surface area contributed by atoms with E-state index in [0.717, 1.165) is 60.4 Å². The third kappa shape index (κ3) is 5.39. The number of thiazole rings is 1. The van der Waals surface area contributed by atoms with Gasteiger partial charge >= 0.3 is 0 Å². The van der Waals surface area contributed by atoms with Gasteiger partial charge in [-0.2, -0.15) is 0 Å². The molecule has 1 saturated heterocycles. The van der Waals surface area contributed by atoms with Gasteiger partial charge in [0.1, 0.15) is 5.01 Å². The number of carbonyl (C=O) groups excluding carboxylic acids is 1. The highest BCUT2D eigenvalue weighted by Crippen LogP contribution is 2.32. The quantitative estimate of drug-likeness (QED) is 0.516. The van der Waals surface area contributed by atoms with Crippen molar-refractivity contribution in [1.82, 2.24) is 9.88 Å². The summed E-state index contributed by atoms with van der Waals surface area (Å²) >= 11 is 14.0. The molecule has 5 nitrogen and oxygen atoms in total. The lowest BCUT2D eigenvalue weighted by molar-refractivity contribution is -0.115. The van der Waals surface area contributed by atoms with Crippen LogP contribution in [0.25, 0.3) is 10.6 Å². The van der Waals surface area contributed by atoms with Crippen LogP contribution in [0, 0.1) is 0 Å². The molecule has 3 aromatic rings. The molecular formula is C23H24Cl2N4OS. The predicted octanol–water partition coefficient (Wildman–Crippen LogP) is 5.44. The second-order valence-corrected chi connectivity index (χ2v) is 9.13. The Kier molecular flexibility index (Phi) is 7.13. The zero-order valence-electron chi connectivity index (χ0n) is 17.3. The molecule has 0 atom stereocenters. The number of piperazine rings is 1. The number of hydrogen-bond donors (Lipinski definition) is 1. The van der Waals surface area contributed by atoms with Crippen molar-refractivity contribution in [2.75, 3.05) is 42.9 Å². The molecule has 0 spiro atoms. The number of halogens is 2. The van der Waals surface area contributed by atoms with Gasteiger partial charge in [0.2, 0.25) is 5.91 Å². The Morgan fingerprint density at radius 1 is 1.13 bits per heavy atom. The minimum Gasteiger partial charge on any atom is -0.367 e. The third-order valence-electron chi connectivity index (χ3n) is 5.39. The molecular weight excluding hydrogens is 451 g/mol. The second kappa shape index (κ2) is 10.0. The van der Waals surface area contributed by atoms with E-state index in [0.29, 0.717) is 10.0 Å². The number of carbonyl (C=O) groups is 1. The Hall–Kier alpha value is -2.12. The first-order valence-corrected chi connectivity index (χ1v) is 11.9. The van der Waals surface area contributed by atoms with Crippen LogP contribution >= 0.6 is 34.5 Å². The van der Waals surface area contributed by atoms with Crippen LogP contribution in [0.15, 0.2) is 47.8 Å². The van der Waals surface area contributed by atoms with E-state index < -0.39 is 0 Å². The van der Waals surface area contributed by atoms with Gasteiger partial charge in [0.25, 0.3) is 0 Å². The van der Waals surface area contributed by atoms with Crippen LogP contribution in [-0.4, -0.2) is 48.5 Å².